The van der Waals surface area contributed by atoms with Gasteiger partial charge in [-0.15, -0.1) is 0 Å². The van der Waals surface area contributed by atoms with E-state index in [4.69, 9.17) is 4.52 Å². The molecule has 0 aliphatic rings. The third-order valence-electron chi connectivity index (χ3n) is 1.63. The molecule has 0 saturated carbocycles. The van der Waals surface area contributed by atoms with E-state index < -0.39 is 33.0 Å². The standard InChI is InChI=1S/C6H5F4N3OP3/c7-12-15(9)11-17(13(8)16(12)10)14-6-4-2-1-3-5-6/h1-5H/q+1. The van der Waals surface area contributed by atoms with Crippen LogP contribution < -0.4 is 4.52 Å². The summed E-state index contributed by atoms with van der Waals surface area (Å²) in [7, 11) is -9.18. The molecule has 0 radical (unpaired) electrons. The molecule has 4 nitrogen and oxygen atoms in total. The smallest absolute Gasteiger partial charge is 0.358 e. The Kier molecular flexibility index (Phi) is 3.77. The number of para-hydroxylation sites is 1. The van der Waals surface area contributed by atoms with E-state index in [-0.39, 0.29) is 5.75 Å². The van der Waals surface area contributed by atoms with Crippen LogP contribution in [0.5, 0.6) is 5.75 Å². The lowest BCUT2D eigenvalue weighted by Gasteiger charge is -2.00. The number of halogens is 4. The summed E-state index contributed by atoms with van der Waals surface area (Å²) in [6, 6.07) is 7.87. The molecule has 2 rings (SSSR count). The predicted octanol–water partition coefficient (Wildman–Crippen LogP) is 4.82. The summed E-state index contributed by atoms with van der Waals surface area (Å²) >= 11 is 0. The van der Waals surface area contributed by atoms with Crippen LogP contribution >= 0.6 is 24.4 Å². The molecule has 0 fully saturated rings. The van der Waals surface area contributed by atoms with Gasteiger partial charge in [0, 0.05) is 13.1 Å². The first-order chi connectivity index (χ1) is 8.09. The molecule has 0 aliphatic carbocycles. The van der Waals surface area contributed by atoms with E-state index in [0.717, 1.165) is 0 Å². The van der Waals surface area contributed by atoms with Gasteiger partial charge in [-0.25, -0.2) is 0 Å². The lowest BCUT2D eigenvalue weighted by atomic mass is 10.3. The van der Waals surface area contributed by atoms with Crippen LogP contribution in [0, 0.1) is 0 Å². The van der Waals surface area contributed by atoms with Crippen LogP contribution in [0.2, 0.25) is 0 Å². The summed E-state index contributed by atoms with van der Waals surface area (Å²) in [4.78, 5) is 0. The van der Waals surface area contributed by atoms with Crippen molar-refractivity contribution in [1.82, 2.24) is 13.1 Å². The van der Waals surface area contributed by atoms with Gasteiger partial charge in [0.25, 0.3) is 0 Å². The van der Waals surface area contributed by atoms with Gasteiger partial charge in [0.1, 0.15) is 0 Å². The van der Waals surface area contributed by atoms with Crippen LogP contribution in [0.4, 0.5) is 17.4 Å². The fraction of sp³-hybridized carbons (Fsp3) is 0. The summed E-state index contributed by atoms with van der Waals surface area (Å²) in [5.74, 6) is 0.212. The van der Waals surface area contributed by atoms with Crippen molar-refractivity contribution in [1.29, 1.82) is 0 Å². The van der Waals surface area contributed by atoms with Crippen molar-refractivity contribution in [2.45, 2.75) is 0 Å². The lowest BCUT2D eigenvalue weighted by Crippen LogP contribution is -1.92. The van der Waals surface area contributed by atoms with Gasteiger partial charge in [-0.2, -0.15) is 0 Å². The molecule has 0 bridgehead atoms. The van der Waals surface area contributed by atoms with Crippen molar-refractivity contribution in [3.8, 4) is 5.75 Å². The zero-order valence-corrected chi connectivity index (χ0v) is 10.7. The van der Waals surface area contributed by atoms with E-state index in [0.29, 0.717) is 0 Å². The van der Waals surface area contributed by atoms with Crippen molar-refractivity contribution in [3.63, 3.8) is 0 Å². The van der Waals surface area contributed by atoms with Gasteiger partial charge >= 0.3 is 24.4 Å². The van der Waals surface area contributed by atoms with E-state index in [9.17, 15) is 17.4 Å². The third kappa shape index (κ3) is 2.65. The maximum absolute atomic E-state index is 13.2. The second-order valence-corrected chi connectivity index (χ2v) is 7.11. The number of aromatic nitrogens is 3. The average molecular weight is 304 g/mol. The van der Waals surface area contributed by atoms with E-state index in [2.05, 4.69) is 4.51 Å². The van der Waals surface area contributed by atoms with E-state index in [1.807, 2.05) is 0 Å². The highest BCUT2D eigenvalue weighted by Crippen LogP contribution is 2.46. The predicted molar refractivity (Wildman–Crippen MR) is 58.9 cm³/mol. The normalized spacial score (nSPS) is 13.5. The molecule has 0 N–H and O–H groups in total. The Labute approximate surface area is 96.1 Å². The Morgan fingerprint density at radius 1 is 1.24 bits per heavy atom. The Morgan fingerprint density at radius 2 is 1.88 bits per heavy atom. The quantitative estimate of drug-likeness (QED) is 0.745. The van der Waals surface area contributed by atoms with Crippen LogP contribution in [-0.4, -0.2) is 13.1 Å². The zero-order chi connectivity index (χ0) is 12.4. The Hall–Kier alpha value is -0.960. The first-order valence-corrected chi connectivity index (χ1v) is 7.61. The molecule has 17 heavy (non-hydrogen) atoms. The molecule has 92 valence electrons. The fourth-order valence-corrected chi connectivity index (χ4v) is 4.98. The maximum atomic E-state index is 13.2. The largest absolute Gasteiger partial charge is 0.422 e. The van der Waals surface area contributed by atoms with Crippen LogP contribution in [-0.2, 0) is 0 Å². The minimum atomic E-state index is -3.49. The molecule has 2 aromatic rings. The Bertz CT molecular complexity index is 558. The van der Waals surface area contributed by atoms with E-state index >= 15 is 0 Å². The first-order valence-electron chi connectivity index (χ1n) is 4.17. The van der Waals surface area contributed by atoms with Crippen LogP contribution in [0.25, 0.3) is 0 Å². The second-order valence-electron chi connectivity index (χ2n) is 2.71. The summed E-state index contributed by atoms with van der Waals surface area (Å²) in [6.45, 7) is 0. The Balaban J connectivity index is 2.41. The summed E-state index contributed by atoms with van der Waals surface area (Å²) < 4.78 is 58.5. The van der Waals surface area contributed by atoms with E-state index in [1.165, 1.54) is 12.1 Å². The molecular weight excluding hydrogens is 299 g/mol. The van der Waals surface area contributed by atoms with E-state index in [1.54, 1.807) is 18.2 Å². The second kappa shape index (κ2) is 5.13. The molecule has 3 atom stereocenters. The zero-order valence-electron chi connectivity index (χ0n) is 7.99. The van der Waals surface area contributed by atoms with Crippen molar-refractivity contribution in [2.75, 3.05) is 0 Å². The highest BCUT2D eigenvalue weighted by Gasteiger charge is 2.27. The fourth-order valence-electron chi connectivity index (χ4n) is 0.942. The molecule has 1 aromatic carbocycles. The molecule has 0 amide bonds. The first kappa shape index (κ1) is 12.5. The SMILES string of the molecule is Fn1p(Oc2ccccc2)n[p+](F)n(F)p1F. The summed E-state index contributed by atoms with van der Waals surface area (Å²) in [5.41, 5.74) is 0. The van der Waals surface area contributed by atoms with Crippen molar-refractivity contribution < 1.29 is 21.9 Å². The molecule has 11 heteroatoms. The molecule has 0 saturated heterocycles. The highest BCUT2D eigenvalue weighted by atomic mass is 31.2. The van der Waals surface area contributed by atoms with Crippen molar-refractivity contribution >= 4 is 24.4 Å². The summed E-state index contributed by atoms with van der Waals surface area (Å²) in [5, 5.41) is 0. The molecule has 0 spiro atoms. The Morgan fingerprint density at radius 3 is 2.53 bits per heavy atom. The minimum Gasteiger partial charge on any atom is -0.358 e. The number of rotatable bonds is 2. The highest BCUT2D eigenvalue weighted by molar-refractivity contribution is 7.59. The monoisotopic (exact) mass is 304 g/mol. The van der Waals surface area contributed by atoms with Gasteiger partial charge in [-0.3, -0.25) is 0 Å². The van der Waals surface area contributed by atoms with Gasteiger partial charge in [0.2, 0.25) is 0 Å². The summed E-state index contributed by atoms with van der Waals surface area (Å²) in [6.07, 6.45) is 0. The van der Waals surface area contributed by atoms with Crippen LogP contribution in [0.15, 0.2) is 30.3 Å². The maximum Gasteiger partial charge on any atom is 0.422 e. The van der Waals surface area contributed by atoms with Gasteiger partial charge in [0.15, 0.2) is 5.75 Å². The molecule has 0 aliphatic heterocycles. The molecule has 1 heterocycles. The third-order valence-corrected chi connectivity index (χ3v) is 6.09. The van der Waals surface area contributed by atoms with Gasteiger partial charge < -0.3 is 4.52 Å². The molecule has 1 aromatic heterocycles. The lowest BCUT2D eigenvalue weighted by molar-refractivity contribution is 0.388. The van der Waals surface area contributed by atoms with Crippen LogP contribution in [0.1, 0.15) is 0 Å². The molecule has 3 unspecified atom stereocenters. The van der Waals surface area contributed by atoms with Gasteiger partial charge in [0.05, 0.1) is 0 Å². The topological polar surface area (TPSA) is 32.0 Å². The number of nitrogens with zero attached hydrogens (tertiary/aromatic N) is 3. The number of hydrogen-bond donors (Lipinski definition) is 0. The minimum absolute atomic E-state index is 0.212. The van der Waals surface area contributed by atoms with Gasteiger partial charge in [-0.1, -0.05) is 35.6 Å². The van der Waals surface area contributed by atoms with Gasteiger partial charge in [-0.05, 0) is 12.1 Å². The average Bonchev–Trinajstić information content (AvgIpc) is 2.35. The van der Waals surface area contributed by atoms with Crippen molar-refractivity contribution in [2.24, 2.45) is 0 Å². The van der Waals surface area contributed by atoms with Crippen molar-refractivity contribution in [3.05, 3.63) is 30.3 Å². The van der Waals surface area contributed by atoms with Crippen LogP contribution in [0.3, 0.4) is 0 Å². The number of hydrogen-bond acceptors (Lipinski definition) is 2. The molecular formula is C6H5F4N3OP3+. The number of benzene rings is 1.